The van der Waals surface area contributed by atoms with Gasteiger partial charge in [-0.15, -0.1) is 0 Å². The fourth-order valence-electron chi connectivity index (χ4n) is 1.97. The number of carbonyl (C=O) groups excluding carboxylic acids is 1. The van der Waals surface area contributed by atoms with Crippen LogP contribution in [0.1, 0.15) is 26.2 Å². The molecule has 1 fully saturated rings. The van der Waals surface area contributed by atoms with Crippen molar-refractivity contribution in [2.24, 2.45) is 0 Å². The zero-order valence-electron chi connectivity index (χ0n) is 6.84. The maximum Gasteiger partial charge on any atom is 0.249 e. The van der Waals surface area contributed by atoms with Crippen molar-refractivity contribution in [1.82, 2.24) is 4.90 Å². The number of rotatable bonds is 0. The monoisotopic (exact) mass is 151 g/mol. The molecule has 2 heterocycles. The van der Waals surface area contributed by atoms with Gasteiger partial charge in [-0.05, 0) is 26.2 Å². The molecule has 1 unspecified atom stereocenters. The van der Waals surface area contributed by atoms with Gasteiger partial charge in [-0.2, -0.15) is 0 Å². The van der Waals surface area contributed by atoms with Crippen LogP contribution in [0.3, 0.4) is 0 Å². The van der Waals surface area contributed by atoms with Crippen LogP contribution in [0.4, 0.5) is 0 Å². The van der Waals surface area contributed by atoms with E-state index >= 15 is 0 Å². The lowest BCUT2D eigenvalue weighted by Gasteiger charge is -2.29. The number of hydrogen-bond donors (Lipinski definition) is 0. The second-order valence-corrected chi connectivity index (χ2v) is 3.41. The lowest BCUT2D eigenvalue weighted by molar-refractivity contribution is -0.127. The number of fused-ring (bicyclic) bond motifs is 1. The fourth-order valence-corrected chi connectivity index (χ4v) is 1.97. The van der Waals surface area contributed by atoms with Crippen LogP contribution in [0.25, 0.3) is 0 Å². The van der Waals surface area contributed by atoms with Crippen LogP contribution in [0, 0.1) is 0 Å². The maximum atomic E-state index is 11.4. The fraction of sp³-hybridized carbons (Fsp3) is 0.667. The van der Waals surface area contributed by atoms with Crippen molar-refractivity contribution in [3.63, 3.8) is 0 Å². The summed E-state index contributed by atoms with van der Waals surface area (Å²) in [6.45, 7) is 2.89. The van der Waals surface area contributed by atoms with Crippen molar-refractivity contribution in [2.75, 3.05) is 6.54 Å². The van der Waals surface area contributed by atoms with Crippen molar-refractivity contribution < 1.29 is 4.79 Å². The molecule has 0 aromatic heterocycles. The van der Waals surface area contributed by atoms with E-state index in [2.05, 4.69) is 6.08 Å². The molecular weight excluding hydrogens is 138 g/mol. The molecule has 11 heavy (non-hydrogen) atoms. The predicted molar refractivity (Wildman–Crippen MR) is 43.1 cm³/mol. The topological polar surface area (TPSA) is 20.3 Å². The number of nitrogens with zero attached hydrogens (tertiary/aromatic N) is 1. The zero-order valence-corrected chi connectivity index (χ0v) is 6.84. The molecule has 0 radical (unpaired) electrons. The molecule has 60 valence electrons. The summed E-state index contributed by atoms with van der Waals surface area (Å²) in [6.07, 6.45) is 5.74. The first-order chi connectivity index (χ1) is 5.29. The molecule has 1 saturated heterocycles. The van der Waals surface area contributed by atoms with Gasteiger partial charge in [-0.1, -0.05) is 6.08 Å². The number of amides is 1. The van der Waals surface area contributed by atoms with Crippen LogP contribution < -0.4 is 0 Å². The number of hydrogen-bond acceptors (Lipinski definition) is 1. The lowest BCUT2D eigenvalue weighted by atomic mass is 10.0. The SMILES string of the molecule is CC1=CC2CCCCN2C1=O. The zero-order chi connectivity index (χ0) is 7.84. The van der Waals surface area contributed by atoms with Gasteiger partial charge in [0.1, 0.15) is 0 Å². The molecule has 0 bridgehead atoms. The van der Waals surface area contributed by atoms with E-state index in [4.69, 9.17) is 0 Å². The Morgan fingerprint density at radius 2 is 2.36 bits per heavy atom. The van der Waals surface area contributed by atoms with Crippen molar-refractivity contribution in [1.29, 1.82) is 0 Å². The molecule has 0 aromatic rings. The molecule has 0 saturated carbocycles. The number of carbonyl (C=O) groups is 1. The molecule has 0 spiro atoms. The summed E-state index contributed by atoms with van der Waals surface area (Å²) in [5, 5.41) is 0. The third-order valence-electron chi connectivity index (χ3n) is 2.59. The molecule has 2 rings (SSSR count). The molecule has 2 nitrogen and oxygen atoms in total. The Kier molecular flexibility index (Phi) is 1.48. The second-order valence-electron chi connectivity index (χ2n) is 3.41. The van der Waals surface area contributed by atoms with Crippen LogP contribution in [0.2, 0.25) is 0 Å². The third-order valence-corrected chi connectivity index (χ3v) is 2.59. The van der Waals surface area contributed by atoms with E-state index in [1.807, 2.05) is 11.8 Å². The van der Waals surface area contributed by atoms with E-state index in [9.17, 15) is 4.79 Å². The summed E-state index contributed by atoms with van der Waals surface area (Å²) in [4.78, 5) is 13.4. The van der Waals surface area contributed by atoms with E-state index in [1.54, 1.807) is 0 Å². The second kappa shape index (κ2) is 2.36. The van der Waals surface area contributed by atoms with E-state index in [0.717, 1.165) is 12.1 Å². The Morgan fingerprint density at radius 1 is 1.55 bits per heavy atom. The summed E-state index contributed by atoms with van der Waals surface area (Å²) >= 11 is 0. The smallest absolute Gasteiger partial charge is 0.249 e. The normalized spacial score (nSPS) is 30.3. The Morgan fingerprint density at radius 3 is 3.09 bits per heavy atom. The maximum absolute atomic E-state index is 11.4. The van der Waals surface area contributed by atoms with E-state index in [1.165, 1.54) is 19.3 Å². The molecule has 2 aliphatic heterocycles. The minimum atomic E-state index is 0.259. The van der Waals surface area contributed by atoms with E-state index in [-0.39, 0.29) is 5.91 Å². The van der Waals surface area contributed by atoms with Crippen molar-refractivity contribution >= 4 is 5.91 Å². The van der Waals surface area contributed by atoms with Gasteiger partial charge in [-0.3, -0.25) is 4.79 Å². The van der Waals surface area contributed by atoms with Gasteiger partial charge in [0, 0.05) is 12.1 Å². The van der Waals surface area contributed by atoms with Crippen LogP contribution >= 0.6 is 0 Å². The van der Waals surface area contributed by atoms with Crippen molar-refractivity contribution in [3.8, 4) is 0 Å². The molecule has 1 amide bonds. The summed E-state index contributed by atoms with van der Waals surface area (Å²) in [5.74, 6) is 0.259. The van der Waals surface area contributed by atoms with Crippen LogP contribution in [-0.2, 0) is 4.79 Å². The molecule has 0 N–H and O–H groups in total. The summed E-state index contributed by atoms with van der Waals surface area (Å²) in [5.41, 5.74) is 0.942. The third kappa shape index (κ3) is 0.971. The molecule has 2 aliphatic rings. The summed E-state index contributed by atoms with van der Waals surface area (Å²) in [6, 6.07) is 0.441. The highest BCUT2D eigenvalue weighted by Crippen LogP contribution is 2.25. The Hall–Kier alpha value is -0.790. The minimum absolute atomic E-state index is 0.259. The van der Waals surface area contributed by atoms with Crippen molar-refractivity contribution in [3.05, 3.63) is 11.6 Å². The Balaban J connectivity index is 2.20. The van der Waals surface area contributed by atoms with Gasteiger partial charge >= 0.3 is 0 Å². The largest absolute Gasteiger partial charge is 0.332 e. The van der Waals surface area contributed by atoms with Gasteiger partial charge in [0.25, 0.3) is 0 Å². The first-order valence-electron chi connectivity index (χ1n) is 4.28. The van der Waals surface area contributed by atoms with Crippen LogP contribution in [0.5, 0.6) is 0 Å². The lowest BCUT2D eigenvalue weighted by Crippen LogP contribution is -2.38. The quantitative estimate of drug-likeness (QED) is 0.511. The number of piperidine rings is 1. The van der Waals surface area contributed by atoms with Crippen LogP contribution in [-0.4, -0.2) is 23.4 Å². The highest BCUT2D eigenvalue weighted by Gasteiger charge is 2.31. The average molecular weight is 151 g/mol. The van der Waals surface area contributed by atoms with Crippen molar-refractivity contribution in [2.45, 2.75) is 32.2 Å². The van der Waals surface area contributed by atoms with E-state index < -0.39 is 0 Å². The molecule has 0 aromatic carbocycles. The first-order valence-corrected chi connectivity index (χ1v) is 4.28. The van der Waals surface area contributed by atoms with Gasteiger partial charge in [0.05, 0.1) is 6.04 Å². The van der Waals surface area contributed by atoms with Gasteiger partial charge < -0.3 is 4.90 Å². The minimum Gasteiger partial charge on any atom is -0.332 e. The molecular formula is C9H13NO. The molecule has 2 heteroatoms. The van der Waals surface area contributed by atoms with E-state index in [0.29, 0.717) is 6.04 Å². The highest BCUT2D eigenvalue weighted by atomic mass is 16.2. The Bertz CT molecular complexity index is 220. The average Bonchev–Trinajstić information content (AvgIpc) is 2.30. The van der Waals surface area contributed by atoms with Gasteiger partial charge in [0.2, 0.25) is 5.91 Å². The molecule has 0 aliphatic carbocycles. The summed E-state index contributed by atoms with van der Waals surface area (Å²) < 4.78 is 0. The molecule has 1 atom stereocenters. The Labute approximate surface area is 66.9 Å². The van der Waals surface area contributed by atoms with Gasteiger partial charge in [0.15, 0.2) is 0 Å². The highest BCUT2D eigenvalue weighted by molar-refractivity contribution is 5.95. The van der Waals surface area contributed by atoms with Gasteiger partial charge in [-0.25, -0.2) is 0 Å². The summed E-state index contributed by atoms with van der Waals surface area (Å²) in [7, 11) is 0. The predicted octanol–water partition coefficient (Wildman–Crippen LogP) is 1.33. The first kappa shape index (κ1) is 6.89. The van der Waals surface area contributed by atoms with Crippen LogP contribution in [0.15, 0.2) is 11.6 Å². The standard InChI is InChI=1S/C9H13NO/c1-7-6-8-4-2-3-5-10(8)9(7)11/h6,8H,2-5H2,1H3.